The van der Waals surface area contributed by atoms with E-state index < -0.39 is 0 Å². The van der Waals surface area contributed by atoms with E-state index in [0.29, 0.717) is 19.8 Å². The number of rotatable bonds is 6. The third-order valence-electron chi connectivity index (χ3n) is 2.80. The Hall–Kier alpha value is -0.730. The number of ether oxygens (including phenoxy) is 1. The summed E-state index contributed by atoms with van der Waals surface area (Å²) in [6, 6.07) is 4.75. The van der Waals surface area contributed by atoms with Crippen molar-refractivity contribution < 1.29 is 9.13 Å². The van der Waals surface area contributed by atoms with Gasteiger partial charge in [-0.15, -0.1) is 0 Å². The molecule has 0 aliphatic rings. The van der Waals surface area contributed by atoms with E-state index in [1.165, 1.54) is 12.1 Å². The van der Waals surface area contributed by atoms with Crippen molar-refractivity contribution in [1.29, 1.82) is 0 Å². The summed E-state index contributed by atoms with van der Waals surface area (Å²) in [6.45, 7) is 2.90. The lowest BCUT2D eigenvalue weighted by Gasteiger charge is -2.10. The van der Waals surface area contributed by atoms with Gasteiger partial charge in [-0.2, -0.15) is 5.10 Å². The van der Waals surface area contributed by atoms with Crippen LogP contribution in [0.25, 0.3) is 10.9 Å². The highest BCUT2D eigenvalue weighted by atomic mass is 127. The van der Waals surface area contributed by atoms with Gasteiger partial charge in [0, 0.05) is 11.9 Å². The van der Waals surface area contributed by atoms with Crippen LogP contribution >= 0.6 is 22.6 Å². The monoisotopic (exact) mass is 377 g/mol. The summed E-state index contributed by atoms with van der Waals surface area (Å²) in [6.07, 6.45) is 0. The van der Waals surface area contributed by atoms with Gasteiger partial charge in [0.2, 0.25) is 0 Å². The molecule has 0 saturated carbocycles. The highest BCUT2D eigenvalue weighted by Gasteiger charge is 2.08. The maximum atomic E-state index is 13.2. The van der Waals surface area contributed by atoms with Crippen LogP contribution in [-0.4, -0.2) is 48.5 Å². The number of fused-ring (bicyclic) bond motifs is 1. The molecule has 0 amide bonds. The van der Waals surface area contributed by atoms with Crippen LogP contribution in [0.5, 0.6) is 0 Å². The highest BCUT2D eigenvalue weighted by molar-refractivity contribution is 14.1. The molecule has 6 heteroatoms. The molecule has 1 heterocycles. The van der Waals surface area contributed by atoms with Gasteiger partial charge in [0.25, 0.3) is 0 Å². The topological polar surface area (TPSA) is 30.3 Å². The molecule has 0 bridgehead atoms. The standard InChI is InChI=1S/C13H17FIN3O/c1-17(2)5-7-19-8-6-18-12-4-3-10(14)9-11(12)13(15)16-18/h3-4,9H,5-8H2,1-2H3. The SMILES string of the molecule is CN(C)CCOCCn1nc(I)c2cc(F)ccc21. The minimum Gasteiger partial charge on any atom is -0.378 e. The zero-order valence-electron chi connectivity index (χ0n) is 11.1. The molecule has 2 rings (SSSR count). The third-order valence-corrected chi connectivity index (χ3v) is 3.59. The van der Waals surface area contributed by atoms with Crippen molar-refractivity contribution in [3.05, 3.63) is 27.7 Å². The Labute approximate surface area is 125 Å². The zero-order chi connectivity index (χ0) is 13.8. The van der Waals surface area contributed by atoms with Crippen molar-refractivity contribution >= 4 is 33.5 Å². The van der Waals surface area contributed by atoms with Gasteiger partial charge in [0.05, 0.1) is 25.3 Å². The van der Waals surface area contributed by atoms with Crippen LogP contribution in [0.15, 0.2) is 18.2 Å². The van der Waals surface area contributed by atoms with Gasteiger partial charge in [-0.25, -0.2) is 4.39 Å². The number of hydrogen-bond acceptors (Lipinski definition) is 3. The van der Waals surface area contributed by atoms with E-state index in [4.69, 9.17) is 4.74 Å². The van der Waals surface area contributed by atoms with Crippen molar-refractivity contribution in [2.45, 2.75) is 6.54 Å². The number of benzene rings is 1. The van der Waals surface area contributed by atoms with E-state index in [0.717, 1.165) is 21.1 Å². The molecule has 0 saturated heterocycles. The quantitative estimate of drug-likeness (QED) is 0.572. The van der Waals surface area contributed by atoms with Gasteiger partial charge in [-0.1, -0.05) is 0 Å². The Morgan fingerprint density at radius 3 is 2.89 bits per heavy atom. The molecule has 1 aromatic heterocycles. The van der Waals surface area contributed by atoms with Crippen molar-refractivity contribution in [2.24, 2.45) is 0 Å². The Balaban J connectivity index is 1.97. The fourth-order valence-electron chi connectivity index (χ4n) is 1.78. The summed E-state index contributed by atoms with van der Waals surface area (Å²) in [4.78, 5) is 2.08. The molecular formula is C13H17FIN3O. The summed E-state index contributed by atoms with van der Waals surface area (Å²) in [7, 11) is 4.03. The second kappa shape index (κ2) is 6.62. The van der Waals surface area contributed by atoms with Crippen LogP contribution in [0.3, 0.4) is 0 Å². The Morgan fingerprint density at radius 1 is 1.37 bits per heavy atom. The van der Waals surface area contributed by atoms with Crippen molar-refractivity contribution in [3.8, 4) is 0 Å². The van der Waals surface area contributed by atoms with E-state index in [1.807, 2.05) is 18.8 Å². The van der Waals surface area contributed by atoms with Crippen LogP contribution in [0.1, 0.15) is 0 Å². The highest BCUT2D eigenvalue weighted by Crippen LogP contribution is 2.21. The van der Waals surface area contributed by atoms with Crippen LogP contribution in [0, 0.1) is 9.52 Å². The molecule has 0 N–H and O–H groups in total. The number of hydrogen-bond donors (Lipinski definition) is 0. The van der Waals surface area contributed by atoms with E-state index in [2.05, 4.69) is 32.6 Å². The van der Waals surface area contributed by atoms with Crippen molar-refractivity contribution in [2.75, 3.05) is 33.9 Å². The molecule has 0 radical (unpaired) electrons. The van der Waals surface area contributed by atoms with E-state index >= 15 is 0 Å². The second-order valence-electron chi connectivity index (χ2n) is 4.59. The normalized spacial score (nSPS) is 11.6. The molecule has 0 unspecified atom stereocenters. The summed E-state index contributed by atoms with van der Waals surface area (Å²) in [5.74, 6) is -0.229. The van der Waals surface area contributed by atoms with E-state index in [1.54, 1.807) is 6.07 Å². The molecular weight excluding hydrogens is 360 g/mol. The lowest BCUT2D eigenvalue weighted by molar-refractivity contribution is 0.109. The molecule has 2 aromatic rings. The Morgan fingerprint density at radius 2 is 2.16 bits per heavy atom. The summed E-state index contributed by atoms with van der Waals surface area (Å²) in [5.41, 5.74) is 0.946. The molecule has 104 valence electrons. The molecule has 4 nitrogen and oxygen atoms in total. The Kier molecular flexibility index (Phi) is 5.12. The van der Waals surface area contributed by atoms with Crippen LogP contribution < -0.4 is 0 Å². The van der Waals surface area contributed by atoms with Crippen LogP contribution in [-0.2, 0) is 11.3 Å². The molecule has 0 atom stereocenters. The zero-order valence-corrected chi connectivity index (χ0v) is 13.2. The largest absolute Gasteiger partial charge is 0.378 e. The van der Waals surface area contributed by atoms with Crippen LogP contribution in [0.4, 0.5) is 4.39 Å². The van der Waals surface area contributed by atoms with Crippen molar-refractivity contribution in [3.63, 3.8) is 0 Å². The molecule has 1 aromatic carbocycles. The first-order chi connectivity index (χ1) is 9.08. The first kappa shape index (κ1) is 14.7. The predicted molar refractivity (Wildman–Crippen MR) is 81.8 cm³/mol. The lowest BCUT2D eigenvalue weighted by atomic mass is 10.2. The average molecular weight is 377 g/mol. The fraction of sp³-hybridized carbons (Fsp3) is 0.462. The van der Waals surface area contributed by atoms with Crippen LogP contribution in [0.2, 0.25) is 0 Å². The molecule has 19 heavy (non-hydrogen) atoms. The molecule has 0 aliphatic heterocycles. The lowest BCUT2D eigenvalue weighted by Crippen LogP contribution is -2.19. The maximum Gasteiger partial charge on any atom is 0.131 e. The van der Waals surface area contributed by atoms with Gasteiger partial charge in [-0.05, 0) is 54.9 Å². The second-order valence-corrected chi connectivity index (χ2v) is 5.61. The first-order valence-corrected chi connectivity index (χ1v) is 7.20. The number of aromatic nitrogens is 2. The minimum absolute atomic E-state index is 0.229. The van der Waals surface area contributed by atoms with Gasteiger partial charge in [0.15, 0.2) is 0 Å². The smallest absolute Gasteiger partial charge is 0.131 e. The maximum absolute atomic E-state index is 13.2. The minimum atomic E-state index is -0.229. The van der Waals surface area contributed by atoms with E-state index in [-0.39, 0.29) is 5.82 Å². The molecule has 0 aliphatic carbocycles. The summed E-state index contributed by atoms with van der Waals surface area (Å²) >= 11 is 2.13. The first-order valence-electron chi connectivity index (χ1n) is 6.12. The predicted octanol–water partition coefficient (Wildman–Crippen LogP) is 2.36. The fourth-order valence-corrected chi connectivity index (χ4v) is 2.48. The van der Waals surface area contributed by atoms with Gasteiger partial charge >= 0.3 is 0 Å². The number of likely N-dealkylation sites (N-methyl/N-ethyl adjacent to an activating group) is 1. The summed E-state index contributed by atoms with van der Waals surface area (Å²) in [5, 5.41) is 5.27. The number of nitrogens with zero attached hydrogens (tertiary/aromatic N) is 3. The molecule has 0 fully saturated rings. The summed E-state index contributed by atoms with van der Waals surface area (Å²) < 4.78 is 21.4. The third kappa shape index (κ3) is 3.87. The number of halogens is 2. The van der Waals surface area contributed by atoms with Gasteiger partial charge in [0.1, 0.15) is 9.52 Å². The van der Waals surface area contributed by atoms with Gasteiger partial charge < -0.3 is 9.64 Å². The Bertz CT molecular complexity index is 556. The average Bonchev–Trinajstić information content (AvgIpc) is 2.65. The molecule has 0 spiro atoms. The van der Waals surface area contributed by atoms with Gasteiger partial charge in [-0.3, -0.25) is 4.68 Å². The van der Waals surface area contributed by atoms with E-state index in [9.17, 15) is 4.39 Å². The van der Waals surface area contributed by atoms with Crippen molar-refractivity contribution in [1.82, 2.24) is 14.7 Å².